The monoisotopic (exact) mass is 348 g/mol. The second-order valence-electron chi connectivity index (χ2n) is 7.18. The van der Waals surface area contributed by atoms with Crippen LogP contribution in [-0.2, 0) is 4.74 Å². The number of hydrogen-bond donors (Lipinski definition) is 1. The van der Waals surface area contributed by atoms with E-state index in [2.05, 4.69) is 15.2 Å². The molecule has 0 aliphatic carbocycles. The highest BCUT2D eigenvalue weighted by molar-refractivity contribution is 5.92. The van der Waals surface area contributed by atoms with Crippen molar-refractivity contribution in [2.45, 2.75) is 32.4 Å². The van der Waals surface area contributed by atoms with Gasteiger partial charge in [-0.2, -0.15) is 0 Å². The van der Waals surface area contributed by atoms with E-state index in [4.69, 9.17) is 9.47 Å². The minimum Gasteiger partial charge on any atom is -0.474 e. The fourth-order valence-electron chi connectivity index (χ4n) is 2.99. The molecule has 2 aliphatic rings. The van der Waals surface area contributed by atoms with Crippen LogP contribution in [0.15, 0.2) is 12.1 Å². The summed E-state index contributed by atoms with van der Waals surface area (Å²) >= 11 is 0. The number of ether oxygens (including phenoxy) is 2. The van der Waals surface area contributed by atoms with Crippen LogP contribution in [0.2, 0.25) is 0 Å². The van der Waals surface area contributed by atoms with Crippen molar-refractivity contribution in [1.82, 2.24) is 15.2 Å². The molecule has 1 aromatic heterocycles. The molecule has 1 N–H and O–H groups in total. The Kier molecular flexibility index (Phi) is 4.45. The van der Waals surface area contributed by atoms with Gasteiger partial charge in [0.05, 0.1) is 6.04 Å². The average molecular weight is 348 g/mol. The zero-order valence-electron chi connectivity index (χ0n) is 15.0. The average Bonchev–Trinajstić information content (AvgIpc) is 2.58. The topological polar surface area (TPSA) is 84.0 Å². The van der Waals surface area contributed by atoms with Crippen molar-refractivity contribution in [3.8, 4) is 5.88 Å². The lowest BCUT2D eigenvalue weighted by Gasteiger charge is -2.45. The number of nitrogens with one attached hydrogen (secondary N) is 1. The summed E-state index contributed by atoms with van der Waals surface area (Å²) in [6.45, 7) is 7.76. The Bertz CT molecular complexity index is 686. The highest BCUT2D eigenvalue weighted by Gasteiger charge is 2.36. The predicted molar refractivity (Wildman–Crippen MR) is 92.1 cm³/mol. The molecule has 0 unspecified atom stereocenters. The second-order valence-corrected chi connectivity index (χ2v) is 7.18. The first-order chi connectivity index (χ1) is 11.8. The van der Waals surface area contributed by atoms with Gasteiger partial charge in [-0.1, -0.05) is 0 Å². The minimum absolute atomic E-state index is 0.0430. The Balaban J connectivity index is 1.72. The predicted octanol–water partition coefficient (Wildman–Crippen LogP) is 1.26. The van der Waals surface area contributed by atoms with E-state index in [0.29, 0.717) is 37.8 Å². The minimum atomic E-state index is -0.510. The number of nitrogens with zero attached hydrogens (tertiary/aromatic N) is 3. The summed E-state index contributed by atoms with van der Waals surface area (Å²) in [7, 11) is 1.57. The lowest BCUT2D eigenvalue weighted by molar-refractivity contribution is 0.0193. The van der Waals surface area contributed by atoms with Gasteiger partial charge in [-0.3, -0.25) is 4.79 Å². The lowest BCUT2D eigenvalue weighted by atomic mass is 10.1. The van der Waals surface area contributed by atoms with Crippen molar-refractivity contribution in [2.24, 2.45) is 0 Å². The molecule has 8 nitrogen and oxygen atoms in total. The maximum atomic E-state index is 12.3. The molecule has 3 rings (SSSR count). The van der Waals surface area contributed by atoms with Crippen LogP contribution in [-0.4, -0.2) is 66.8 Å². The molecule has 1 atom stereocenters. The number of piperazine rings is 1. The summed E-state index contributed by atoms with van der Waals surface area (Å²) in [5.74, 6) is 0.214. The van der Waals surface area contributed by atoms with Crippen LogP contribution < -0.4 is 15.0 Å². The fourth-order valence-corrected chi connectivity index (χ4v) is 2.99. The molecule has 2 amide bonds. The maximum Gasteiger partial charge on any atom is 0.410 e. The van der Waals surface area contributed by atoms with E-state index in [1.54, 1.807) is 18.0 Å². The van der Waals surface area contributed by atoms with Crippen molar-refractivity contribution in [1.29, 1.82) is 0 Å². The number of anilines is 1. The van der Waals surface area contributed by atoms with Gasteiger partial charge in [0.15, 0.2) is 0 Å². The van der Waals surface area contributed by atoms with Crippen molar-refractivity contribution in [3.63, 3.8) is 0 Å². The third-order valence-corrected chi connectivity index (χ3v) is 4.16. The van der Waals surface area contributed by atoms with Gasteiger partial charge in [0, 0.05) is 26.7 Å². The molecule has 1 aromatic rings. The third-order valence-electron chi connectivity index (χ3n) is 4.16. The Hall–Kier alpha value is -2.51. The zero-order valence-corrected chi connectivity index (χ0v) is 15.0. The van der Waals surface area contributed by atoms with E-state index in [0.717, 1.165) is 5.69 Å². The van der Waals surface area contributed by atoms with Crippen LogP contribution in [0.5, 0.6) is 5.88 Å². The van der Waals surface area contributed by atoms with Gasteiger partial charge in [-0.05, 0) is 32.9 Å². The Morgan fingerprint density at radius 2 is 2.08 bits per heavy atom. The highest BCUT2D eigenvalue weighted by atomic mass is 16.6. The summed E-state index contributed by atoms with van der Waals surface area (Å²) in [5, 5.41) is 2.55. The zero-order chi connectivity index (χ0) is 18.2. The SMILES string of the molecule is CNC(=O)c1ccc2c(n1)OC[C@H]1CN(C(=O)OC(C)(C)C)CCN21. The Labute approximate surface area is 147 Å². The van der Waals surface area contributed by atoms with E-state index >= 15 is 0 Å². The molecule has 2 aliphatic heterocycles. The third kappa shape index (κ3) is 3.62. The summed E-state index contributed by atoms with van der Waals surface area (Å²) in [6.07, 6.45) is -0.300. The Morgan fingerprint density at radius 1 is 1.32 bits per heavy atom. The summed E-state index contributed by atoms with van der Waals surface area (Å²) in [4.78, 5) is 32.2. The maximum absolute atomic E-state index is 12.3. The molecule has 136 valence electrons. The van der Waals surface area contributed by atoms with Gasteiger partial charge in [-0.15, -0.1) is 0 Å². The van der Waals surface area contributed by atoms with Crippen molar-refractivity contribution in [3.05, 3.63) is 17.8 Å². The van der Waals surface area contributed by atoms with Crippen LogP contribution in [0.1, 0.15) is 31.3 Å². The molecule has 1 saturated heterocycles. The van der Waals surface area contributed by atoms with Crippen LogP contribution in [0.25, 0.3) is 0 Å². The summed E-state index contributed by atoms with van der Waals surface area (Å²) < 4.78 is 11.2. The number of amides is 2. The van der Waals surface area contributed by atoms with Gasteiger partial charge < -0.3 is 24.6 Å². The largest absolute Gasteiger partial charge is 0.474 e. The fraction of sp³-hybridized carbons (Fsp3) is 0.588. The molecule has 0 bridgehead atoms. The number of aromatic nitrogens is 1. The molecule has 1 fully saturated rings. The molecule has 25 heavy (non-hydrogen) atoms. The lowest BCUT2D eigenvalue weighted by Crippen LogP contribution is -2.59. The van der Waals surface area contributed by atoms with E-state index in [1.165, 1.54) is 0 Å². The van der Waals surface area contributed by atoms with Gasteiger partial charge in [0.1, 0.15) is 23.6 Å². The molecule has 0 radical (unpaired) electrons. The molecule has 0 saturated carbocycles. The molecule has 3 heterocycles. The molecular weight excluding hydrogens is 324 g/mol. The van der Waals surface area contributed by atoms with Crippen molar-refractivity contribution < 1.29 is 19.1 Å². The number of fused-ring (bicyclic) bond motifs is 3. The highest BCUT2D eigenvalue weighted by Crippen LogP contribution is 2.34. The summed E-state index contributed by atoms with van der Waals surface area (Å²) in [6, 6.07) is 3.58. The molecule has 0 spiro atoms. The quantitative estimate of drug-likeness (QED) is 0.823. The molecular formula is C17H24N4O4. The van der Waals surface area contributed by atoms with Crippen LogP contribution in [0.3, 0.4) is 0 Å². The van der Waals surface area contributed by atoms with Crippen LogP contribution in [0, 0.1) is 0 Å². The van der Waals surface area contributed by atoms with Crippen LogP contribution >= 0.6 is 0 Å². The van der Waals surface area contributed by atoms with Gasteiger partial charge >= 0.3 is 6.09 Å². The van der Waals surface area contributed by atoms with Crippen molar-refractivity contribution in [2.75, 3.05) is 38.2 Å². The van der Waals surface area contributed by atoms with Gasteiger partial charge in [0.25, 0.3) is 5.91 Å². The van der Waals surface area contributed by atoms with E-state index < -0.39 is 5.60 Å². The first kappa shape index (κ1) is 17.3. The number of rotatable bonds is 1. The van der Waals surface area contributed by atoms with Gasteiger partial charge in [-0.25, -0.2) is 9.78 Å². The van der Waals surface area contributed by atoms with E-state index in [9.17, 15) is 9.59 Å². The normalized spacial score (nSPS) is 19.4. The number of carbonyl (C=O) groups is 2. The second kappa shape index (κ2) is 6.42. The first-order valence-corrected chi connectivity index (χ1v) is 8.39. The molecule has 8 heteroatoms. The van der Waals surface area contributed by atoms with Gasteiger partial charge in [0.2, 0.25) is 5.88 Å². The Morgan fingerprint density at radius 3 is 2.76 bits per heavy atom. The van der Waals surface area contributed by atoms with Crippen LogP contribution in [0.4, 0.5) is 10.5 Å². The number of pyridine rings is 1. The van der Waals surface area contributed by atoms with E-state index in [-0.39, 0.29) is 18.0 Å². The van der Waals surface area contributed by atoms with Crippen molar-refractivity contribution >= 4 is 17.7 Å². The van der Waals surface area contributed by atoms with E-state index in [1.807, 2.05) is 26.8 Å². The number of hydrogen-bond acceptors (Lipinski definition) is 6. The first-order valence-electron chi connectivity index (χ1n) is 8.39. The summed E-state index contributed by atoms with van der Waals surface area (Å²) in [5.41, 5.74) is 0.671. The smallest absolute Gasteiger partial charge is 0.410 e. The molecule has 0 aromatic carbocycles. The number of carbonyl (C=O) groups excluding carboxylic acids is 2. The standard InChI is InChI=1S/C17H24N4O4/c1-17(2,3)25-16(23)20-7-8-21-11(9-20)10-24-15-13(21)6-5-12(19-15)14(22)18-4/h5-6,11H,7-10H2,1-4H3,(H,18,22)/t11-/m1/s1.